The van der Waals surface area contributed by atoms with Crippen LogP contribution in [0.15, 0.2) is 18.2 Å². The number of ether oxygens (including phenoxy) is 1. The van der Waals surface area contributed by atoms with Crippen LogP contribution in [0.1, 0.15) is 33.6 Å². The Morgan fingerprint density at radius 2 is 2.00 bits per heavy atom. The molecule has 0 heterocycles. The third kappa shape index (κ3) is 4.41. The molecular formula is C15H19F2NO4. The van der Waals surface area contributed by atoms with Crippen LogP contribution in [0.5, 0.6) is 5.75 Å². The minimum absolute atomic E-state index is 0.0194. The Bertz CT molecular complexity index is 564. The number of rotatable bonds is 7. The number of hydrogen-bond acceptors (Lipinski definition) is 3. The lowest BCUT2D eigenvalue weighted by atomic mass is 9.96. The van der Waals surface area contributed by atoms with Gasteiger partial charge in [-0.25, -0.2) is 13.6 Å². The van der Waals surface area contributed by atoms with Crippen molar-refractivity contribution in [1.29, 1.82) is 0 Å². The van der Waals surface area contributed by atoms with Gasteiger partial charge in [-0.2, -0.15) is 0 Å². The van der Waals surface area contributed by atoms with E-state index < -0.39 is 35.2 Å². The molecule has 0 fully saturated rings. The third-order valence-electron chi connectivity index (χ3n) is 3.19. The molecule has 1 aromatic rings. The molecule has 1 amide bonds. The number of carbonyl (C=O) groups excluding carboxylic acids is 1. The fourth-order valence-corrected chi connectivity index (χ4v) is 1.90. The van der Waals surface area contributed by atoms with Crippen molar-refractivity contribution in [2.24, 2.45) is 0 Å². The van der Waals surface area contributed by atoms with Gasteiger partial charge < -0.3 is 15.2 Å². The number of amides is 1. The molecule has 2 N–H and O–H groups in total. The molecule has 1 aromatic carbocycles. The zero-order valence-electron chi connectivity index (χ0n) is 12.7. The molecular weight excluding hydrogens is 296 g/mol. The first-order chi connectivity index (χ1) is 10.2. The summed E-state index contributed by atoms with van der Waals surface area (Å²) in [4.78, 5) is 23.3. The summed E-state index contributed by atoms with van der Waals surface area (Å²) >= 11 is 0. The van der Waals surface area contributed by atoms with E-state index in [9.17, 15) is 23.5 Å². The summed E-state index contributed by atoms with van der Waals surface area (Å²) in [6, 6.07) is 2.89. The first kappa shape index (κ1) is 17.9. The number of carbonyl (C=O) groups is 2. The Morgan fingerprint density at radius 1 is 1.36 bits per heavy atom. The van der Waals surface area contributed by atoms with Crippen molar-refractivity contribution in [3.8, 4) is 5.75 Å². The second-order valence-electron chi connectivity index (χ2n) is 5.21. The summed E-state index contributed by atoms with van der Waals surface area (Å²) in [5, 5.41) is 11.6. The summed E-state index contributed by atoms with van der Waals surface area (Å²) in [7, 11) is 0. The normalized spacial score (nSPS) is 14.8. The van der Waals surface area contributed by atoms with Crippen molar-refractivity contribution in [1.82, 2.24) is 5.32 Å². The van der Waals surface area contributed by atoms with Gasteiger partial charge in [-0.3, -0.25) is 4.79 Å². The van der Waals surface area contributed by atoms with Crippen LogP contribution in [0.2, 0.25) is 0 Å². The average molecular weight is 315 g/mol. The smallest absolute Gasteiger partial charge is 0.329 e. The number of halogens is 2. The molecule has 0 saturated heterocycles. The first-order valence-electron chi connectivity index (χ1n) is 6.86. The number of carboxylic acids is 1. The van der Waals surface area contributed by atoms with E-state index in [-0.39, 0.29) is 12.2 Å². The molecule has 5 nitrogen and oxygen atoms in total. The van der Waals surface area contributed by atoms with Gasteiger partial charge >= 0.3 is 5.97 Å². The number of aliphatic carboxylic acids is 1. The van der Waals surface area contributed by atoms with E-state index in [0.29, 0.717) is 6.42 Å². The number of nitrogens with one attached hydrogen (secondary N) is 1. The molecule has 0 aromatic heterocycles. The molecule has 22 heavy (non-hydrogen) atoms. The Hall–Kier alpha value is -2.18. The van der Waals surface area contributed by atoms with Crippen molar-refractivity contribution >= 4 is 11.9 Å². The van der Waals surface area contributed by atoms with Crippen LogP contribution in [-0.2, 0) is 9.59 Å². The van der Waals surface area contributed by atoms with Crippen LogP contribution in [0.4, 0.5) is 8.78 Å². The van der Waals surface area contributed by atoms with Crippen molar-refractivity contribution in [2.75, 3.05) is 0 Å². The second kappa shape index (κ2) is 7.20. The quantitative estimate of drug-likeness (QED) is 0.810. The van der Waals surface area contributed by atoms with Gasteiger partial charge in [-0.05, 0) is 32.4 Å². The molecule has 0 aliphatic rings. The number of carboxylic acid groups (broad SMARTS) is 1. The van der Waals surface area contributed by atoms with Crippen molar-refractivity contribution < 1.29 is 28.2 Å². The highest BCUT2D eigenvalue weighted by Gasteiger charge is 2.35. The molecule has 2 unspecified atom stereocenters. The largest absolute Gasteiger partial charge is 0.481 e. The number of benzene rings is 1. The standard InChI is InChI=1S/C15H19F2NO4/c1-4-7-15(3,14(20)21)18-13(19)9(2)22-10-5-6-11(16)12(17)8-10/h5-6,8-9H,4,7H2,1-3H3,(H,18,19)(H,20,21). The van der Waals surface area contributed by atoms with Gasteiger partial charge in [0.1, 0.15) is 11.3 Å². The predicted octanol–water partition coefficient (Wildman–Crippen LogP) is 2.49. The molecule has 2 atom stereocenters. The number of hydrogen-bond donors (Lipinski definition) is 2. The summed E-state index contributed by atoms with van der Waals surface area (Å²) < 4.78 is 31.1. The molecule has 0 bridgehead atoms. The van der Waals surface area contributed by atoms with E-state index >= 15 is 0 Å². The van der Waals surface area contributed by atoms with Crippen LogP contribution in [0.3, 0.4) is 0 Å². The van der Waals surface area contributed by atoms with Gasteiger partial charge in [-0.1, -0.05) is 13.3 Å². The van der Waals surface area contributed by atoms with Gasteiger partial charge in [0.2, 0.25) is 0 Å². The van der Waals surface area contributed by atoms with Crippen LogP contribution in [0, 0.1) is 11.6 Å². The maximum atomic E-state index is 13.1. The lowest BCUT2D eigenvalue weighted by Crippen LogP contribution is -2.55. The SMILES string of the molecule is CCCC(C)(NC(=O)C(C)Oc1ccc(F)c(F)c1)C(=O)O. The molecule has 0 aliphatic heterocycles. The van der Waals surface area contributed by atoms with Gasteiger partial charge in [0.15, 0.2) is 17.7 Å². The van der Waals surface area contributed by atoms with Crippen LogP contribution in [0.25, 0.3) is 0 Å². The lowest BCUT2D eigenvalue weighted by molar-refractivity contribution is -0.148. The maximum absolute atomic E-state index is 13.1. The zero-order valence-corrected chi connectivity index (χ0v) is 12.7. The molecule has 0 spiro atoms. The van der Waals surface area contributed by atoms with Crippen molar-refractivity contribution in [3.63, 3.8) is 0 Å². The Morgan fingerprint density at radius 3 is 2.50 bits per heavy atom. The molecule has 1 rings (SSSR count). The van der Waals surface area contributed by atoms with Gasteiger partial charge in [0.25, 0.3) is 5.91 Å². The van der Waals surface area contributed by atoms with Crippen LogP contribution < -0.4 is 10.1 Å². The molecule has 122 valence electrons. The fourth-order valence-electron chi connectivity index (χ4n) is 1.90. The van der Waals surface area contributed by atoms with Crippen LogP contribution in [-0.4, -0.2) is 28.6 Å². The van der Waals surface area contributed by atoms with E-state index in [1.165, 1.54) is 19.9 Å². The van der Waals surface area contributed by atoms with Gasteiger partial charge in [0, 0.05) is 6.07 Å². The van der Waals surface area contributed by atoms with Crippen molar-refractivity contribution in [3.05, 3.63) is 29.8 Å². The zero-order chi connectivity index (χ0) is 16.9. The fraction of sp³-hybridized carbons (Fsp3) is 0.467. The highest BCUT2D eigenvalue weighted by molar-refractivity contribution is 5.88. The van der Waals surface area contributed by atoms with Crippen molar-refractivity contribution in [2.45, 2.75) is 45.3 Å². The van der Waals surface area contributed by atoms with E-state index in [1.54, 1.807) is 6.92 Å². The lowest BCUT2D eigenvalue weighted by Gasteiger charge is -2.27. The summed E-state index contributed by atoms with van der Waals surface area (Å²) in [6.45, 7) is 4.60. The van der Waals surface area contributed by atoms with E-state index in [2.05, 4.69) is 5.32 Å². The Labute approximate surface area is 127 Å². The van der Waals surface area contributed by atoms with E-state index in [1.807, 2.05) is 0 Å². The topological polar surface area (TPSA) is 75.6 Å². The Balaban J connectivity index is 2.75. The summed E-state index contributed by atoms with van der Waals surface area (Å²) in [5.41, 5.74) is -1.41. The third-order valence-corrected chi connectivity index (χ3v) is 3.19. The summed E-state index contributed by atoms with van der Waals surface area (Å²) in [5.74, 6) is -3.93. The molecule has 0 aliphatic carbocycles. The highest BCUT2D eigenvalue weighted by atomic mass is 19.2. The van der Waals surface area contributed by atoms with Gasteiger partial charge in [0.05, 0.1) is 0 Å². The molecule has 0 saturated carbocycles. The predicted molar refractivity (Wildman–Crippen MR) is 75.5 cm³/mol. The van der Waals surface area contributed by atoms with Gasteiger partial charge in [-0.15, -0.1) is 0 Å². The monoisotopic (exact) mass is 315 g/mol. The van der Waals surface area contributed by atoms with E-state index in [0.717, 1.165) is 12.1 Å². The van der Waals surface area contributed by atoms with E-state index in [4.69, 9.17) is 4.74 Å². The molecule has 7 heteroatoms. The minimum atomic E-state index is -1.41. The van der Waals surface area contributed by atoms with Crippen LogP contribution >= 0.6 is 0 Å². The minimum Gasteiger partial charge on any atom is -0.481 e. The maximum Gasteiger partial charge on any atom is 0.329 e. The Kier molecular flexibility index (Phi) is 5.84. The first-order valence-corrected chi connectivity index (χ1v) is 6.86. The average Bonchev–Trinajstić information content (AvgIpc) is 2.42. The second-order valence-corrected chi connectivity index (χ2v) is 5.21. The molecule has 0 radical (unpaired) electrons. The highest BCUT2D eigenvalue weighted by Crippen LogP contribution is 2.18. The summed E-state index contributed by atoms with van der Waals surface area (Å²) in [6.07, 6.45) is -0.228.